The summed E-state index contributed by atoms with van der Waals surface area (Å²) >= 11 is 0. The zero-order valence-electron chi connectivity index (χ0n) is 14.7. The number of nitrogens with one attached hydrogen (secondary N) is 1. The second kappa shape index (κ2) is 5.21. The van der Waals surface area contributed by atoms with E-state index in [9.17, 15) is 0 Å². The molecule has 3 unspecified atom stereocenters. The fourth-order valence-electron chi connectivity index (χ4n) is 4.23. The van der Waals surface area contributed by atoms with Gasteiger partial charge in [0.1, 0.15) is 0 Å². The predicted octanol–water partition coefficient (Wildman–Crippen LogP) is 3.19. The lowest BCUT2D eigenvalue weighted by Gasteiger charge is -2.53. The summed E-state index contributed by atoms with van der Waals surface area (Å²) in [5.41, 5.74) is 0.689. The number of ether oxygens (including phenoxy) is 1. The molecule has 0 radical (unpaired) electrons. The van der Waals surface area contributed by atoms with Crippen LogP contribution in [0.4, 0.5) is 0 Å². The minimum Gasteiger partial charge on any atom is -0.371 e. The highest BCUT2D eigenvalue weighted by atomic mass is 16.5. The molecule has 2 saturated heterocycles. The van der Waals surface area contributed by atoms with Crippen molar-refractivity contribution in [2.24, 2.45) is 5.92 Å². The standard InChI is InChI=1S/C18H34N2O/c1-6-17(4)12-19-18(5,14-7-8-14)13-20(17)11-15-9-10-16(2,3)21-15/h14-15,19H,6-13H2,1-5H3. The Bertz CT molecular complexity index is 393. The molecule has 0 spiro atoms. The van der Waals surface area contributed by atoms with E-state index in [1.165, 1.54) is 38.6 Å². The smallest absolute Gasteiger partial charge is 0.0710 e. The highest BCUT2D eigenvalue weighted by molar-refractivity contribution is 5.08. The molecule has 3 aliphatic rings. The normalized spacial score (nSPS) is 44.1. The number of hydrogen-bond donors (Lipinski definition) is 1. The Hall–Kier alpha value is -0.120. The number of rotatable bonds is 4. The van der Waals surface area contributed by atoms with Gasteiger partial charge in [0.2, 0.25) is 0 Å². The second-order valence-corrected chi connectivity index (χ2v) is 8.81. The summed E-state index contributed by atoms with van der Waals surface area (Å²) in [5.74, 6) is 0.891. The monoisotopic (exact) mass is 294 g/mol. The van der Waals surface area contributed by atoms with Crippen LogP contribution in [0, 0.1) is 5.92 Å². The maximum Gasteiger partial charge on any atom is 0.0710 e. The lowest BCUT2D eigenvalue weighted by Crippen LogP contribution is -2.69. The topological polar surface area (TPSA) is 24.5 Å². The fraction of sp³-hybridized carbons (Fsp3) is 1.00. The van der Waals surface area contributed by atoms with E-state index in [1.54, 1.807) is 0 Å². The highest BCUT2D eigenvalue weighted by Gasteiger charge is 2.49. The number of hydrogen-bond acceptors (Lipinski definition) is 3. The van der Waals surface area contributed by atoms with Gasteiger partial charge in [-0.25, -0.2) is 0 Å². The average Bonchev–Trinajstić information content (AvgIpc) is 3.21. The van der Waals surface area contributed by atoms with E-state index < -0.39 is 0 Å². The van der Waals surface area contributed by atoms with Crippen LogP contribution in [0.3, 0.4) is 0 Å². The molecule has 2 heterocycles. The second-order valence-electron chi connectivity index (χ2n) is 8.81. The lowest BCUT2D eigenvalue weighted by molar-refractivity contribution is -0.0629. The van der Waals surface area contributed by atoms with Crippen LogP contribution in [-0.4, -0.2) is 47.3 Å². The predicted molar refractivity (Wildman–Crippen MR) is 87.6 cm³/mol. The summed E-state index contributed by atoms with van der Waals surface area (Å²) < 4.78 is 6.27. The van der Waals surface area contributed by atoms with Gasteiger partial charge in [0.05, 0.1) is 11.7 Å². The minimum atomic E-state index is 0.0844. The van der Waals surface area contributed by atoms with Gasteiger partial charge < -0.3 is 10.1 Å². The SMILES string of the molecule is CCC1(C)CNC(C)(C2CC2)CN1CC1CCC(C)(C)O1. The van der Waals surface area contributed by atoms with E-state index >= 15 is 0 Å². The molecule has 0 amide bonds. The van der Waals surface area contributed by atoms with E-state index in [0.717, 1.165) is 19.0 Å². The van der Waals surface area contributed by atoms with Gasteiger partial charge in [0.25, 0.3) is 0 Å². The Morgan fingerprint density at radius 1 is 1.14 bits per heavy atom. The van der Waals surface area contributed by atoms with Crippen molar-refractivity contribution in [3.8, 4) is 0 Å². The maximum atomic E-state index is 6.27. The molecule has 122 valence electrons. The van der Waals surface area contributed by atoms with Crippen LogP contribution in [-0.2, 0) is 4.74 Å². The Kier molecular flexibility index (Phi) is 3.91. The molecule has 1 saturated carbocycles. The molecule has 1 N–H and O–H groups in total. The Balaban J connectivity index is 1.69. The molecular formula is C18H34N2O. The Labute approximate surface area is 130 Å². The Morgan fingerprint density at radius 2 is 1.86 bits per heavy atom. The number of piperazine rings is 1. The molecule has 0 aromatic rings. The molecule has 3 heteroatoms. The lowest BCUT2D eigenvalue weighted by atomic mass is 9.84. The minimum absolute atomic E-state index is 0.0844. The third-order valence-electron chi connectivity index (χ3n) is 6.37. The van der Waals surface area contributed by atoms with Gasteiger partial charge in [0, 0.05) is 30.7 Å². The van der Waals surface area contributed by atoms with Gasteiger partial charge in [-0.2, -0.15) is 0 Å². The Morgan fingerprint density at radius 3 is 2.38 bits per heavy atom. The molecule has 0 aromatic heterocycles. The summed E-state index contributed by atoms with van der Waals surface area (Å²) in [4.78, 5) is 2.74. The summed E-state index contributed by atoms with van der Waals surface area (Å²) in [6, 6.07) is 0. The molecule has 3 atom stereocenters. The molecule has 3 nitrogen and oxygen atoms in total. The summed E-state index contributed by atoms with van der Waals surface area (Å²) in [6.07, 6.45) is 6.87. The van der Waals surface area contributed by atoms with Crippen LogP contribution in [0.5, 0.6) is 0 Å². The highest BCUT2D eigenvalue weighted by Crippen LogP contribution is 2.43. The molecule has 1 aliphatic carbocycles. The quantitative estimate of drug-likeness (QED) is 0.862. The van der Waals surface area contributed by atoms with Gasteiger partial charge in [-0.15, -0.1) is 0 Å². The average molecular weight is 294 g/mol. The van der Waals surface area contributed by atoms with Crippen LogP contribution in [0.25, 0.3) is 0 Å². The molecule has 2 aliphatic heterocycles. The van der Waals surface area contributed by atoms with E-state index in [2.05, 4.69) is 44.8 Å². The zero-order valence-corrected chi connectivity index (χ0v) is 14.7. The molecule has 0 aromatic carbocycles. The molecule has 21 heavy (non-hydrogen) atoms. The number of nitrogens with zero attached hydrogens (tertiary/aromatic N) is 1. The van der Waals surface area contributed by atoms with Gasteiger partial charge in [0.15, 0.2) is 0 Å². The molecular weight excluding hydrogens is 260 g/mol. The van der Waals surface area contributed by atoms with Gasteiger partial charge in [-0.1, -0.05) is 6.92 Å². The van der Waals surface area contributed by atoms with Gasteiger partial charge in [-0.05, 0) is 65.7 Å². The summed E-state index contributed by atoms with van der Waals surface area (Å²) in [6.45, 7) is 15.1. The van der Waals surface area contributed by atoms with E-state index in [0.29, 0.717) is 11.6 Å². The van der Waals surface area contributed by atoms with Gasteiger partial charge >= 0.3 is 0 Å². The first-order chi connectivity index (χ1) is 9.76. The first-order valence-corrected chi connectivity index (χ1v) is 8.94. The third-order valence-corrected chi connectivity index (χ3v) is 6.37. The third kappa shape index (κ3) is 3.16. The zero-order chi connectivity index (χ0) is 15.3. The van der Waals surface area contributed by atoms with Crippen LogP contribution < -0.4 is 5.32 Å². The fourth-order valence-corrected chi connectivity index (χ4v) is 4.23. The van der Waals surface area contributed by atoms with Crippen LogP contribution >= 0.6 is 0 Å². The maximum absolute atomic E-state index is 6.27. The van der Waals surface area contributed by atoms with E-state index in [4.69, 9.17) is 4.74 Å². The molecule has 0 bridgehead atoms. The van der Waals surface area contributed by atoms with Crippen LogP contribution in [0.2, 0.25) is 0 Å². The van der Waals surface area contributed by atoms with Crippen LogP contribution in [0.15, 0.2) is 0 Å². The van der Waals surface area contributed by atoms with Crippen molar-refractivity contribution in [2.75, 3.05) is 19.6 Å². The van der Waals surface area contributed by atoms with E-state index in [1.807, 2.05) is 0 Å². The van der Waals surface area contributed by atoms with Crippen molar-refractivity contribution in [3.63, 3.8) is 0 Å². The molecule has 3 fully saturated rings. The van der Waals surface area contributed by atoms with Crippen molar-refractivity contribution >= 4 is 0 Å². The first-order valence-electron chi connectivity index (χ1n) is 8.94. The van der Waals surface area contributed by atoms with Crippen molar-refractivity contribution in [3.05, 3.63) is 0 Å². The van der Waals surface area contributed by atoms with Crippen LogP contribution in [0.1, 0.15) is 66.7 Å². The summed E-state index contributed by atoms with van der Waals surface area (Å²) in [5, 5.41) is 3.89. The van der Waals surface area contributed by atoms with Crippen molar-refractivity contribution in [1.29, 1.82) is 0 Å². The van der Waals surface area contributed by atoms with Crippen molar-refractivity contribution in [2.45, 2.75) is 89.5 Å². The van der Waals surface area contributed by atoms with Gasteiger partial charge in [-0.3, -0.25) is 4.90 Å². The van der Waals surface area contributed by atoms with E-state index in [-0.39, 0.29) is 11.1 Å². The largest absolute Gasteiger partial charge is 0.371 e. The van der Waals surface area contributed by atoms with Crippen molar-refractivity contribution < 1.29 is 4.74 Å². The molecule has 3 rings (SSSR count). The first kappa shape index (κ1) is 15.8. The summed E-state index contributed by atoms with van der Waals surface area (Å²) in [7, 11) is 0. The van der Waals surface area contributed by atoms with Crippen molar-refractivity contribution in [1.82, 2.24) is 10.2 Å².